The summed E-state index contributed by atoms with van der Waals surface area (Å²) in [7, 11) is 1.40. The van der Waals surface area contributed by atoms with E-state index in [2.05, 4.69) is 15.6 Å². The Morgan fingerprint density at radius 2 is 2.50 bits per heavy atom. The van der Waals surface area contributed by atoms with Crippen LogP contribution in [0.5, 0.6) is 0 Å². The van der Waals surface area contributed by atoms with Gasteiger partial charge >= 0.3 is 5.97 Å². The molecule has 1 heterocycles. The van der Waals surface area contributed by atoms with Gasteiger partial charge in [-0.3, -0.25) is 9.69 Å². The summed E-state index contributed by atoms with van der Waals surface area (Å²) in [5.74, 6) is 2.42. The van der Waals surface area contributed by atoms with Gasteiger partial charge in [0, 0.05) is 19.5 Å². The van der Waals surface area contributed by atoms with Gasteiger partial charge in [0.15, 0.2) is 0 Å². The molecular formula is C12H19NO3. The van der Waals surface area contributed by atoms with Gasteiger partial charge in [-0.15, -0.1) is 12.3 Å². The zero-order valence-electron chi connectivity index (χ0n) is 9.78. The zero-order chi connectivity index (χ0) is 11.8. The molecule has 1 atom stereocenters. The summed E-state index contributed by atoms with van der Waals surface area (Å²) in [6.07, 6.45) is 7.31. The lowest BCUT2D eigenvalue weighted by Gasteiger charge is -2.32. The number of hydrogen-bond donors (Lipinski definition) is 0. The number of carbonyl (C=O) groups excluding carboxylic acids is 1. The number of esters is 1. The van der Waals surface area contributed by atoms with Gasteiger partial charge in [-0.05, 0) is 13.0 Å². The Morgan fingerprint density at radius 1 is 1.69 bits per heavy atom. The lowest BCUT2D eigenvalue weighted by atomic mass is 10.2. The van der Waals surface area contributed by atoms with Crippen molar-refractivity contribution in [3.63, 3.8) is 0 Å². The summed E-state index contributed by atoms with van der Waals surface area (Å²) in [5, 5.41) is 0. The Labute approximate surface area is 96.9 Å². The molecule has 0 radical (unpaired) electrons. The Balaban J connectivity index is 2.24. The number of terminal acetylenes is 1. The first-order valence-electron chi connectivity index (χ1n) is 5.60. The number of ether oxygens (including phenoxy) is 2. The number of morpholine rings is 1. The van der Waals surface area contributed by atoms with E-state index in [4.69, 9.17) is 11.2 Å². The Morgan fingerprint density at radius 3 is 3.19 bits per heavy atom. The minimum atomic E-state index is -0.213. The van der Waals surface area contributed by atoms with E-state index in [1.54, 1.807) is 0 Å². The fraction of sp³-hybridized carbons (Fsp3) is 0.750. The van der Waals surface area contributed by atoms with Gasteiger partial charge in [-0.25, -0.2) is 0 Å². The van der Waals surface area contributed by atoms with Crippen molar-refractivity contribution in [2.45, 2.75) is 25.4 Å². The van der Waals surface area contributed by atoms with Crippen LogP contribution in [0.2, 0.25) is 0 Å². The number of rotatable bonds is 5. The second-order valence-corrected chi connectivity index (χ2v) is 3.88. The van der Waals surface area contributed by atoms with E-state index >= 15 is 0 Å². The molecule has 0 aromatic rings. The van der Waals surface area contributed by atoms with Gasteiger partial charge in [0.2, 0.25) is 0 Å². The normalized spacial score (nSPS) is 21.4. The van der Waals surface area contributed by atoms with Gasteiger partial charge in [0.05, 0.1) is 26.2 Å². The quantitative estimate of drug-likeness (QED) is 0.391. The van der Waals surface area contributed by atoms with Crippen LogP contribution < -0.4 is 0 Å². The van der Waals surface area contributed by atoms with E-state index in [1.165, 1.54) is 7.11 Å². The van der Waals surface area contributed by atoms with Crippen LogP contribution in [-0.2, 0) is 14.3 Å². The minimum absolute atomic E-state index is 0.0352. The summed E-state index contributed by atoms with van der Waals surface area (Å²) in [5.41, 5.74) is 0. The fourth-order valence-corrected chi connectivity index (χ4v) is 1.78. The molecule has 0 aromatic carbocycles. The molecule has 16 heavy (non-hydrogen) atoms. The van der Waals surface area contributed by atoms with Gasteiger partial charge < -0.3 is 9.47 Å². The fourth-order valence-electron chi connectivity index (χ4n) is 1.78. The summed E-state index contributed by atoms with van der Waals surface area (Å²) < 4.78 is 10.1. The molecule has 0 spiro atoms. The molecule has 1 fully saturated rings. The summed E-state index contributed by atoms with van der Waals surface area (Å²) in [6, 6.07) is 0. The van der Waals surface area contributed by atoms with Crippen molar-refractivity contribution < 1.29 is 14.3 Å². The third kappa shape index (κ3) is 4.65. The first kappa shape index (κ1) is 13.0. The highest BCUT2D eigenvalue weighted by molar-refractivity contribution is 5.69. The van der Waals surface area contributed by atoms with E-state index < -0.39 is 0 Å². The average molecular weight is 225 g/mol. The third-order valence-corrected chi connectivity index (χ3v) is 2.64. The maximum atomic E-state index is 11.1. The molecule has 90 valence electrons. The molecule has 1 aliphatic heterocycles. The van der Waals surface area contributed by atoms with E-state index in [9.17, 15) is 4.79 Å². The summed E-state index contributed by atoms with van der Waals surface area (Å²) in [4.78, 5) is 13.4. The number of carbonyl (C=O) groups is 1. The lowest BCUT2D eigenvalue weighted by molar-refractivity contribution is -0.145. The second-order valence-electron chi connectivity index (χ2n) is 3.88. The van der Waals surface area contributed by atoms with Crippen LogP contribution in [0.4, 0.5) is 0 Å². The van der Waals surface area contributed by atoms with Crippen molar-refractivity contribution in [1.29, 1.82) is 0 Å². The molecule has 0 aliphatic carbocycles. The smallest absolute Gasteiger partial charge is 0.308 e. The number of methoxy groups -OCH3 is 1. The zero-order valence-corrected chi connectivity index (χ0v) is 9.78. The van der Waals surface area contributed by atoms with E-state index in [-0.39, 0.29) is 12.1 Å². The first-order valence-corrected chi connectivity index (χ1v) is 5.60. The topological polar surface area (TPSA) is 38.8 Å². The van der Waals surface area contributed by atoms with Crippen molar-refractivity contribution >= 4 is 5.97 Å². The monoisotopic (exact) mass is 225 g/mol. The molecule has 1 aliphatic rings. The van der Waals surface area contributed by atoms with Gasteiger partial charge in [0.25, 0.3) is 0 Å². The first-order chi connectivity index (χ1) is 7.76. The van der Waals surface area contributed by atoms with Gasteiger partial charge in [0.1, 0.15) is 0 Å². The van der Waals surface area contributed by atoms with Crippen LogP contribution in [0.3, 0.4) is 0 Å². The maximum Gasteiger partial charge on any atom is 0.308 e. The molecule has 0 N–H and O–H groups in total. The van der Waals surface area contributed by atoms with Gasteiger partial charge in [-0.1, -0.05) is 0 Å². The van der Waals surface area contributed by atoms with Gasteiger partial charge in [-0.2, -0.15) is 0 Å². The summed E-state index contributed by atoms with van der Waals surface area (Å²) >= 11 is 0. The lowest BCUT2D eigenvalue weighted by Crippen LogP contribution is -2.43. The minimum Gasteiger partial charge on any atom is -0.469 e. The summed E-state index contributed by atoms with van der Waals surface area (Å²) in [6.45, 7) is 3.37. The third-order valence-electron chi connectivity index (χ3n) is 2.64. The molecule has 1 unspecified atom stereocenters. The van der Waals surface area contributed by atoms with Crippen LogP contribution in [0.1, 0.15) is 19.3 Å². The SMILES string of the molecule is C#CCCCN1CCOC(CC(=O)OC)C1. The highest BCUT2D eigenvalue weighted by atomic mass is 16.5. The van der Waals surface area contributed by atoms with Crippen LogP contribution in [0.15, 0.2) is 0 Å². The molecule has 4 nitrogen and oxygen atoms in total. The van der Waals surface area contributed by atoms with Crippen LogP contribution in [-0.4, -0.2) is 50.3 Å². The Kier molecular flexibility index (Phi) is 5.91. The predicted octanol–water partition coefficient (Wildman–Crippen LogP) is 0.664. The standard InChI is InChI=1S/C12H19NO3/c1-3-4-5-6-13-7-8-16-11(10-13)9-12(14)15-2/h1,11H,4-10H2,2H3. The molecule has 0 amide bonds. The largest absolute Gasteiger partial charge is 0.469 e. The van der Waals surface area contributed by atoms with Crippen molar-refractivity contribution in [3.8, 4) is 12.3 Å². The number of nitrogens with zero attached hydrogens (tertiary/aromatic N) is 1. The second kappa shape index (κ2) is 7.26. The molecule has 1 rings (SSSR count). The maximum absolute atomic E-state index is 11.1. The Bertz CT molecular complexity index is 259. The van der Waals surface area contributed by atoms with Crippen LogP contribution in [0, 0.1) is 12.3 Å². The van der Waals surface area contributed by atoms with Crippen molar-refractivity contribution in [2.24, 2.45) is 0 Å². The molecule has 0 bridgehead atoms. The van der Waals surface area contributed by atoms with Crippen molar-refractivity contribution in [2.75, 3.05) is 33.4 Å². The molecule has 4 heteroatoms. The van der Waals surface area contributed by atoms with Crippen LogP contribution >= 0.6 is 0 Å². The molecule has 1 saturated heterocycles. The number of hydrogen-bond acceptors (Lipinski definition) is 4. The van der Waals surface area contributed by atoms with E-state index in [0.29, 0.717) is 13.0 Å². The highest BCUT2D eigenvalue weighted by Gasteiger charge is 2.22. The molecule has 0 saturated carbocycles. The van der Waals surface area contributed by atoms with Crippen molar-refractivity contribution in [1.82, 2.24) is 4.90 Å². The van der Waals surface area contributed by atoms with E-state index in [0.717, 1.165) is 32.5 Å². The van der Waals surface area contributed by atoms with Crippen molar-refractivity contribution in [3.05, 3.63) is 0 Å². The molecular weight excluding hydrogens is 206 g/mol. The average Bonchev–Trinajstić information content (AvgIpc) is 2.30. The number of unbranched alkanes of at least 4 members (excludes halogenated alkanes) is 1. The molecule has 0 aromatic heterocycles. The Hall–Kier alpha value is -1.05. The van der Waals surface area contributed by atoms with E-state index in [1.807, 2.05) is 0 Å². The van der Waals surface area contributed by atoms with Crippen LogP contribution in [0.25, 0.3) is 0 Å². The highest BCUT2D eigenvalue weighted by Crippen LogP contribution is 2.10. The predicted molar refractivity (Wildman–Crippen MR) is 60.9 cm³/mol.